The Bertz CT molecular complexity index is 332. The molecule has 2 atom stereocenters. The minimum absolute atomic E-state index is 0.0127. The van der Waals surface area contributed by atoms with Crippen LogP contribution in [0.2, 0.25) is 0 Å². The second kappa shape index (κ2) is 3.40. The number of rotatable bonds is 0. The molecule has 0 N–H and O–H groups in total. The summed E-state index contributed by atoms with van der Waals surface area (Å²) in [7, 11) is 0. The van der Waals surface area contributed by atoms with Crippen molar-refractivity contribution in [1.29, 1.82) is 0 Å². The van der Waals surface area contributed by atoms with Gasteiger partial charge in [0.05, 0.1) is 6.04 Å². The molecule has 1 saturated heterocycles. The third-order valence-electron chi connectivity index (χ3n) is 2.71. The number of halogens is 3. The summed E-state index contributed by atoms with van der Waals surface area (Å²) in [5.74, 6) is -1.75. The molecule has 1 fully saturated rings. The van der Waals surface area contributed by atoms with Crippen LogP contribution in [0.1, 0.15) is 6.42 Å². The van der Waals surface area contributed by atoms with Gasteiger partial charge in [-0.25, -0.2) is 0 Å². The summed E-state index contributed by atoms with van der Waals surface area (Å²) in [6, 6.07) is -0.444. The number of carbonyl (C=O) groups excluding carboxylic acids is 1. The maximum absolute atomic E-state index is 12.2. The van der Waals surface area contributed by atoms with Gasteiger partial charge in [0.15, 0.2) is 0 Å². The van der Waals surface area contributed by atoms with Crippen LogP contribution in [0.15, 0.2) is 18.2 Å². The molecule has 1 aliphatic heterocycles. The van der Waals surface area contributed by atoms with Crippen LogP contribution in [0.25, 0.3) is 0 Å². The van der Waals surface area contributed by atoms with Crippen LogP contribution in [0.5, 0.6) is 0 Å². The molecule has 0 aromatic rings. The van der Waals surface area contributed by atoms with Gasteiger partial charge in [-0.2, -0.15) is 13.2 Å². The number of likely N-dealkylation sites (tertiary alicyclic amines) is 1. The van der Waals surface area contributed by atoms with Crippen LogP contribution in [-0.2, 0) is 4.79 Å². The topological polar surface area (TPSA) is 20.3 Å². The third-order valence-corrected chi connectivity index (χ3v) is 2.71. The SMILES string of the molecule is O=C(N1CCC2C=[C]C=CC21)C(F)(F)F. The first-order valence-electron chi connectivity index (χ1n) is 4.64. The number of hydrogen-bond donors (Lipinski definition) is 0. The Morgan fingerprint density at radius 1 is 1.47 bits per heavy atom. The minimum Gasteiger partial charge on any atom is -0.328 e. The van der Waals surface area contributed by atoms with Crippen molar-refractivity contribution in [2.24, 2.45) is 5.92 Å². The van der Waals surface area contributed by atoms with E-state index in [9.17, 15) is 18.0 Å². The lowest BCUT2D eigenvalue weighted by Gasteiger charge is -2.26. The molecule has 2 unspecified atom stereocenters. The number of allylic oxidation sites excluding steroid dienone is 2. The Hall–Kier alpha value is -1.26. The number of alkyl halides is 3. The normalized spacial score (nSPS) is 29.4. The standard InChI is InChI=1S/C10H9F3NO/c11-10(12,13)9(15)14-6-5-7-3-1-2-4-8(7)14/h2-4,7-8H,5-6H2. The van der Waals surface area contributed by atoms with E-state index in [0.29, 0.717) is 6.42 Å². The van der Waals surface area contributed by atoms with Gasteiger partial charge in [-0.3, -0.25) is 4.79 Å². The average Bonchev–Trinajstić information content (AvgIpc) is 2.58. The van der Waals surface area contributed by atoms with E-state index >= 15 is 0 Å². The summed E-state index contributed by atoms with van der Waals surface area (Å²) in [6.45, 7) is 0.163. The second-order valence-corrected chi connectivity index (χ2v) is 3.63. The van der Waals surface area contributed by atoms with Gasteiger partial charge in [0.2, 0.25) is 0 Å². The monoisotopic (exact) mass is 216 g/mol. The Morgan fingerprint density at radius 2 is 2.20 bits per heavy atom. The molecule has 2 aliphatic rings. The molecule has 0 saturated carbocycles. The van der Waals surface area contributed by atoms with Gasteiger partial charge >= 0.3 is 12.1 Å². The zero-order valence-electron chi connectivity index (χ0n) is 7.79. The summed E-state index contributed by atoms with van der Waals surface area (Å²) in [4.78, 5) is 11.9. The predicted octanol–water partition coefficient (Wildman–Crippen LogP) is 1.69. The van der Waals surface area contributed by atoms with E-state index in [0.717, 1.165) is 4.90 Å². The highest BCUT2D eigenvalue weighted by Gasteiger charge is 2.47. The Morgan fingerprint density at radius 3 is 2.87 bits per heavy atom. The van der Waals surface area contributed by atoms with E-state index in [1.165, 1.54) is 0 Å². The van der Waals surface area contributed by atoms with E-state index in [1.54, 1.807) is 18.2 Å². The first kappa shape index (κ1) is 10.3. The van der Waals surface area contributed by atoms with Crippen LogP contribution in [-0.4, -0.2) is 29.6 Å². The van der Waals surface area contributed by atoms with Gasteiger partial charge in [0, 0.05) is 12.5 Å². The molecule has 81 valence electrons. The fourth-order valence-electron chi connectivity index (χ4n) is 2.00. The molecule has 5 heteroatoms. The molecular formula is C10H9F3NO. The smallest absolute Gasteiger partial charge is 0.328 e. The van der Waals surface area contributed by atoms with E-state index in [4.69, 9.17) is 0 Å². The molecule has 0 aromatic heterocycles. The van der Waals surface area contributed by atoms with Crippen LogP contribution < -0.4 is 0 Å². The Balaban J connectivity index is 2.16. The van der Waals surface area contributed by atoms with Crippen LogP contribution in [0, 0.1) is 12.0 Å². The van der Waals surface area contributed by atoms with Crippen LogP contribution >= 0.6 is 0 Å². The van der Waals surface area contributed by atoms with Crippen molar-refractivity contribution in [3.05, 3.63) is 24.3 Å². The molecule has 2 rings (SSSR count). The van der Waals surface area contributed by atoms with Gasteiger partial charge in [-0.1, -0.05) is 18.2 Å². The quantitative estimate of drug-likeness (QED) is 0.603. The van der Waals surface area contributed by atoms with Gasteiger partial charge in [0.1, 0.15) is 0 Å². The second-order valence-electron chi connectivity index (χ2n) is 3.63. The Labute approximate surface area is 85.1 Å². The maximum atomic E-state index is 12.2. The molecule has 0 aromatic carbocycles. The molecule has 15 heavy (non-hydrogen) atoms. The highest BCUT2D eigenvalue weighted by molar-refractivity contribution is 5.82. The van der Waals surface area contributed by atoms with Crippen molar-refractivity contribution in [3.63, 3.8) is 0 Å². The highest BCUT2D eigenvalue weighted by atomic mass is 19.4. The summed E-state index contributed by atoms with van der Waals surface area (Å²) >= 11 is 0. The number of hydrogen-bond acceptors (Lipinski definition) is 1. The van der Waals surface area contributed by atoms with Gasteiger partial charge in [-0.15, -0.1) is 0 Å². The molecule has 0 spiro atoms. The first-order valence-corrected chi connectivity index (χ1v) is 4.64. The largest absolute Gasteiger partial charge is 0.471 e. The third kappa shape index (κ3) is 1.78. The van der Waals surface area contributed by atoms with Crippen LogP contribution in [0.3, 0.4) is 0 Å². The minimum atomic E-state index is -4.77. The maximum Gasteiger partial charge on any atom is 0.471 e. The zero-order chi connectivity index (χ0) is 11.1. The van der Waals surface area contributed by atoms with Crippen LogP contribution in [0.4, 0.5) is 13.2 Å². The predicted molar refractivity (Wildman–Crippen MR) is 46.6 cm³/mol. The van der Waals surface area contributed by atoms with Gasteiger partial charge in [0.25, 0.3) is 0 Å². The van der Waals surface area contributed by atoms with E-state index in [1.807, 2.05) is 0 Å². The molecule has 1 radical (unpaired) electrons. The van der Waals surface area contributed by atoms with Crippen molar-refractivity contribution in [1.82, 2.24) is 4.90 Å². The molecular weight excluding hydrogens is 207 g/mol. The van der Waals surface area contributed by atoms with Crippen molar-refractivity contribution < 1.29 is 18.0 Å². The lowest BCUT2D eigenvalue weighted by Crippen LogP contribution is -2.44. The fraction of sp³-hybridized carbons (Fsp3) is 0.500. The zero-order valence-corrected chi connectivity index (χ0v) is 7.79. The summed E-state index contributed by atoms with van der Waals surface area (Å²) in [6.07, 6.45) is 3.52. The summed E-state index contributed by atoms with van der Waals surface area (Å²) in [5.41, 5.74) is 0. The lowest BCUT2D eigenvalue weighted by molar-refractivity contribution is -0.185. The van der Waals surface area contributed by atoms with Crippen molar-refractivity contribution in [3.8, 4) is 0 Å². The number of amides is 1. The number of nitrogens with zero attached hydrogens (tertiary/aromatic N) is 1. The molecule has 1 amide bonds. The summed E-state index contributed by atoms with van der Waals surface area (Å²) < 4.78 is 36.7. The van der Waals surface area contributed by atoms with Gasteiger partial charge < -0.3 is 4.90 Å². The van der Waals surface area contributed by atoms with Crippen molar-refractivity contribution in [2.45, 2.75) is 18.6 Å². The molecule has 0 bridgehead atoms. The average molecular weight is 216 g/mol. The first-order chi connectivity index (χ1) is 7.00. The lowest BCUT2D eigenvalue weighted by atomic mass is 9.96. The fourth-order valence-corrected chi connectivity index (χ4v) is 2.00. The Kier molecular flexibility index (Phi) is 2.32. The summed E-state index contributed by atoms with van der Waals surface area (Å²) in [5, 5.41) is 0. The van der Waals surface area contributed by atoms with Crippen molar-refractivity contribution in [2.75, 3.05) is 6.54 Å². The molecule has 1 aliphatic carbocycles. The molecule has 1 heterocycles. The van der Waals surface area contributed by atoms with E-state index in [2.05, 4.69) is 6.08 Å². The number of carbonyl (C=O) groups is 1. The highest BCUT2D eigenvalue weighted by Crippen LogP contribution is 2.32. The van der Waals surface area contributed by atoms with E-state index in [-0.39, 0.29) is 12.5 Å². The number of fused-ring (bicyclic) bond motifs is 1. The van der Waals surface area contributed by atoms with Gasteiger partial charge in [-0.05, 0) is 12.5 Å². The van der Waals surface area contributed by atoms with E-state index < -0.39 is 18.1 Å². The molecule has 2 nitrogen and oxygen atoms in total. The van der Waals surface area contributed by atoms with Crippen molar-refractivity contribution >= 4 is 5.91 Å².